The van der Waals surface area contributed by atoms with Crippen molar-refractivity contribution >= 4 is 38.5 Å². The third kappa shape index (κ3) is 3.89. The molecule has 0 saturated carbocycles. The van der Waals surface area contributed by atoms with Crippen LogP contribution in [0.2, 0.25) is 0 Å². The average Bonchev–Trinajstić information content (AvgIpc) is 3.21. The van der Waals surface area contributed by atoms with E-state index in [1.165, 1.54) is 36.7 Å². The summed E-state index contributed by atoms with van der Waals surface area (Å²) < 4.78 is 40.9. The lowest BCUT2D eigenvalue weighted by Crippen LogP contribution is -2.18. The number of nitrogens with zero attached hydrogens (tertiary/aromatic N) is 2. The largest absolute Gasteiger partial charge is 0.322 e. The first-order chi connectivity index (χ1) is 14.3. The van der Waals surface area contributed by atoms with Crippen molar-refractivity contribution in [2.24, 2.45) is 0 Å². The minimum Gasteiger partial charge on any atom is -0.322 e. The van der Waals surface area contributed by atoms with Gasteiger partial charge in [-0.1, -0.05) is 0 Å². The van der Waals surface area contributed by atoms with E-state index in [9.17, 15) is 22.4 Å². The number of hydrogen-bond acceptors (Lipinski definition) is 6. The molecule has 1 amide bonds. The van der Waals surface area contributed by atoms with Gasteiger partial charge in [-0.3, -0.25) is 19.6 Å². The molecule has 12 heteroatoms. The van der Waals surface area contributed by atoms with Crippen molar-refractivity contribution in [1.82, 2.24) is 20.2 Å². The number of benzene rings is 2. The predicted octanol–water partition coefficient (Wildman–Crippen LogP) is 1.84. The molecule has 0 aliphatic carbocycles. The van der Waals surface area contributed by atoms with Crippen LogP contribution in [-0.2, 0) is 10.0 Å². The SMILES string of the molecule is O=C(Nc1ncn[nH]1)c1cc(=O)[nH]c2ccc(S(=O)(=O)Nc3ccc(F)cc3)cc12. The Morgan fingerprint density at radius 3 is 2.53 bits per heavy atom. The minimum atomic E-state index is -4.04. The van der Waals surface area contributed by atoms with Crippen LogP contribution in [0.1, 0.15) is 10.4 Å². The fourth-order valence-electron chi connectivity index (χ4n) is 2.76. The number of carbonyl (C=O) groups excluding carboxylic acids is 1. The Bertz CT molecular complexity index is 1400. The number of halogens is 1. The van der Waals surface area contributed by atoms with Crippen LogP contribution in [0, 0.1) is 5.82 Å². The Labute approximate surface area is 168 Å². The normalized spacial score (nSPS) is 11.4. The van der Waals surface area contributed by atoms with Gasteiger partial charge in [0.15, 0.2) is 0 Å². The smallest absolute Gasteiger partial charge is 0.261 e. The number of aromatic amines is 2. The molecule has 0 radical (unpaired) electrons. The summed E-state index contributed by atoms with van der Waals surface area (Å²) in [7, 11) is -4.04. The Kier molecular flexibility index (Phi) is 4.75. The van der Waals surface area contributed by atoms with Gasteiger partial charge >= 0.3 is 0 Å². The molecule has 152 valence electrons. The summed E-state index contributed by atoms with van der Waals surface area (Å²) in [5, 5.41) is 8.71. The number of pyridine rings is 1. The van der Waals surface area contributed by atoms with Crippen molar-refractivity contribution in [2.75, 3.05) is 10.0 Å². The van der Waals surface area contributed by atoms with Crippen LogP contribution >= 0.6 is 0 Å². The summed E-state index contributed by atoms with van der Waals surface area (Å²) >= 11 is 0. The van der Waals surface area contributed by atoms with Gasteiger partial charge in [0.1, 0.15) is 12.1 Å². The number of fused-ring (bicyclic) bond motifs is 1. The van der Waals surface area contributed by atoms with E-state index in [0.717, 1.165) is 18.2 Å². The van der Waals surface area contributed by atoms with E-state index in [0.29, 0.717) is 0 Å². The van der Waals surface area contributed by atoms with Gasteiger partial charge in [-0.05, 0) is 42.5 Å². The lowest BCUT2D eigenvalue weighted by molar-refractivity contribution is 0.102. The summed E-state index contributed by atoms with van der Waals surface area (Å²) in [5.41, 5.74) is -0.151. The van der Waals surface area contributed by atoms with Gasteiger partial charge in [-0.2, -0.15) is 10.1 Å². The number of aromatic nitrogens is 4. The highest BCUT2D eigenvalue weighted by atomic mass is 32.2. The average molecular weight is 428 g/mol. The zero-order chi connectivity index (χ0) is 21.3. The number of sulfonamides is 1. The molecule has 10 nitrogen and oxygen atoms in total. The van der Waals surface area contributed by atoms with E-state index in [-0.39, 0.29) is 33.0 Å². The monoisotopic (exact) mass is 428 g/mol. The second-order valence-electron chi connectivity index (χ2n) is 6.16. The van der Waals surface area contributed by atoms with E-state index in [1.54, 1.807) is 0 Å². The second kappa shape index (κ2) is 7.40. The lowest BCUT2D eigenvalue weighted by atomic mass is 10.1. The topological polar surface area (TPSA) is 150 Å². The molecule has 0 bridgehead atoms. The van der Waals surface area contributed by atoms with E-state index in [4.69, 9.17) is 0 Å². The van der Waals surface area contributed by atoms with E-state index < -0.39 is 27.3 Å². The lowest BCUT2D eigenvalue weighted by Gasteiger charge is -2.11. The maximum atomic E-state index is 13.1. The number of hydrogen-bond donors (Lipinski definition) is 4. The first-order valence-electron chi connectivity index (χ1n) is 8.44. The van der Waals surface area contributed by atoms with Crippen molar-refractivity contribution < 1.29 is 17.6 Å². The summed E-state index contributed by atoms with van der Waals surface area (Å²) in [6.45, 7) is 0. The zero-order valence-electron chi connectivity index (χ0n) is 15.0. The molecule has 0 aliphatic heterocycles. The fourth-order valence-corrected chi connectivity index (χ4v) is 3.84. The molecule has 4 N–H and O–H groups in total. The summed E-state index contributed by atoms with van der Waals surface area (Å²) in [6, 6.07) is 9.76. The van der Waals surface area contributed by atoms with Crippen molar-refractivity contribution in [2.45, 2.75) is 4.90 Å². The molecule has 0 aliphatic rings. The van der Waals surface area contributed by atoms with Gasteiger partial charge < -0.3 is 4.98 Å². The molecule has 0 atom stereocenters. The maximum Gasteiger partial charge on any atom is 0.261 e. The molecular weight excluding hydrogens is 415 g/mol. The third-order valence-corrected chi connectivity index (χ3v) is 5.49. The quantitative estimate of drug-likeness (QED) is 0.381. The molecule has 4 aromatic rings. The molecule has 0 unspecified atom stereocenters. The van der Waals surface area contributed by atoms with Crippen LogP contribution in [-0.4, -0.2) is 34.5 Å². The van der Waals surface area contributed by atoms with Gasteiger partial charge in [0.2, 0.25) is 11.5 Å². The summed E-state index contributed by atoms with van der Waals surface area (Å²) in [5.74, 6) is -1.12. The minimum absolute atomic E-state index is 0.0519. The van der Waals surface area contributed by atoms with Crippen LogP contribution in [0.3, 0.4) is 0 Å². The Morgan fingerprint density at radius 1 is 1.07 bits per heavy atom. The van der Waals surface area contributed by atoms with Crippen LogP contribution in [0.5, 0.6) is 0 Å². The number of H-pyrrole nitrogens is 2. The second-order valence-corrected chi connectivity index (χ2v) is 7.84. The standard InChI is InChI=1S/C18H13FN6O4S/c19-10-1-3-11(4-2-10)25-30(28,29)12-5-6-15-13(7-12)14(8-16(26)22-15)17(27)23-18-20-9-21-24-18/h1-9,25H,(H,22,26)(H2,20,21,23,24,27). The third-order valence-electron chi connectivity index (χ3n) is 4.11. The van der Waals surface area contributed by atoms with Crippen LogP contribution < -0.4 is 15.6 Å². The van der Waals surface area contributed by atoms with Gasteiger partial charge in [-0.15, -0.1) is 0 Å². The predicted molar refractivity (Wildman–Crippen MR) is 106 cm³/mol. The molecule has 2 heterocycles. The van der Waals surface area contributed by atoms with Crippen molar-refractivity contribution in [3.05, 3.63) is 76.6 Å². The summed E-state index contributed by atoms with van der Waals surface area (Å²) in [6.07, 6.45) is 1.19. The Morgan fingerprint density at radius 2 is 1.83 bits per heavy atom. The van der Waals surface area contributed by atoms with Gasteiger partial charge in [0.05, 0.1) is 10.5 Å². The first kappa shape index (κ1) is 19.3. The van der Waals surface area contributed by atoms with Gasteiger partial charge in [-0.25, -0.2) is 17.9 Å². The molecule has 2 aromatic heterocycles. The van der Waals surface area contributed by atoms with Crippen LogP contribution in [0.25, 0.3) is 10.9 Å². The molecule has 4 rings (SSSR count). The fraction of sp³-hybridized carbons (Fsp3) is 0. The molecule has 0 saturated heterocycles. The highest BCUT2D eigenvalue weighted by molar-refractivity contribution is 7.92. The van der Waals surface area contributed by atoms with Gasteiger partial charge in [0.25, 0.3) is 15.9 Å². The van der Waals surface area contributed by atoms with Crippen LogP contribution in [0.15, 0.2) is 64.5 Å². The molecule has 0 spiro atoms. The zero-order valence-corrected chi connectivity index (χ0v) is 15.8. The molecular formula is C18H13FN6O4S. The number of nitrogens with one attached hydrogen (secondary N) is 4. The van der Waals surface area contributed by atoms with E-state index >= 15 is 0 Å². The van der Waals surface area contributed by atoms with Crippen molar-refractivity contribution in [3.8, 4) is 0 Å². The molecule has 0 fully saturated rings. The summed E-state index contributed by atoms with van der Waals surface area (Å²) in [4.78, 5) is 30.7. The Hall–Kier alpha value is -4.06. The molecule has 2 aromatic carbocycles. The number of amides is 1. The number of carbonyl (C=O) groups is 1. The number of anilines is 2. The van der Waals surface area contributed by atoms with E-state index in [2.05, 4.69) is 30.2 Å². The van der Waals surface area contributed by atoms with Crippen molar-refractivity contribution in [1.29, 1.82) is 0 Å². The van der Waals surface area contributed by atoms with Gasteiger partial charge in [0, 0.05) is 22.7 Å². The maximum absolute atomic E-state index is 13.1. The van der Waals surface area contributed by atoms with Crippen molar-refractivity contribution in [3.63, 3.8) is 0 Å². The first-order valence-corrected chi connectivity index (χ1v) is 9.92. The highest BCUT2D eigenvalue weighted by Gasteiger charge is 2.19. The van der Waals surface area contributed by atoms with Crippen LogP contribution in [0.4, 0.5) is 16.0 Å². The Balaban J connectivity index is 1.75. The van der Waals surface area contributed by atoms with E-state index in [1.807, 2.05) is 0 Å². The molecule has 30 heavy (non-hydrogen) atoms. The highest BCUT2D eigenvalue weighted by Crippen LogP contribution is 2.23. The number of rotatable bonds is 5.